The number of fused-ring (bicyclic) bond motifs is 3. The Labute approximate surface area is 127 Å². The van der Waals surface area contributed by atoms with Gasteiger partial charge in [0.05, 0.1) is 0 Å². The van der Waals surface area contributed by atoms with Gasteiger partial charge in [-0.3, -0.25) is 4.79 Å². The molecule has 22 heavy (non-hydrogen) atoms. The van der Waals surface area contributed by atoms with Crippen LogP contribution < -0.4 is 0 Å². The lowest BCUT2D eigenvalue weighted by molar-refractivity contribution is -0.119. The van der Waals surface area contributed by atoms with Gasteiger partial charge in [0.1, 0.15) is 5.52 Å². The summed E-state index contributed by atoms with van der Waals surface area (Å²) in [6.07, 6.45) is 0. The molecule has 0 radical (unpaired) electrons. The predicted molar refractivity (Wildman–Crippen MR) is 84.3 cm³/mol. The number of hydrogen-bond donors (Lipinski definition) is 1. The molecule has 0 amide bonds. The topological polar surface area (TPSA) is 75.7 Å². The molecule has 3 rings (SSSR count). The monoisotopic (exact) mass is 296 g/mol. The lowest BCUT2D eigenvalue weighted by atomic mass is 9.88. The van der Waals surface area contributed by atoms with Gasteiger partial charge in [0.2, 0.25) is 5.71 Å². The van der Waals surface area contributed by atoms with Crippen molar-refractivity contribution >= 4 is 33.4 Å². The van der Waals surface area contributed by atoms with E-state index in [1.807, 2.05) is 30.3 Å². The van der Waals surface area contributed by atoms with E-state index < -0.39 is 5.41 Å². The van der Waals surface area contributed by atoms with E-state index >= 15 is 0 Å². The van der Waals surface area contributed by atoms with Crippen molar-refractivity contribution in [2.24, 2.45) is 10.6 Å². The number of nitrogens with zero attached hydrogens (tertiary/aromatic N) is 2. The van der Waals surface area contributed by atoms with Crippen molar-refractivity contribution in [2.45, 2.75) is 20.8 Å². The highest BCUT2D eigenvalue weighted by Crippen LogP contribution is 2.27. The van der Waals surface area contributed by atoms with Crippen LogP contribution in [0.25, 0.3) is 21.9 Å². The first-order valence-electron chi connectivity index (χ1n) is 6.97. The first-order valence-corrected chi connectivity index (χ1v) is 6.97. The van der Waals surface area contributed by atoms with E-state index in [9.17, 15) is 10.0 Å². The Balaban J connectivity index is 2.20. The zero-order valence-corrected chi connectivity index (χ0v) is 12.6. The highest BCUT2D eigenvalue weighted by atomic mass is 16.4. The van der Waals surface area contributed by atoms with Crippen LogP contribution in [0.1, 0.15) is 26.7 Å². The molecule has 1 N–H and O–H groups in total. The number of Topliss-reactive ketones (excluding diaryl/α,β-unsaturated/α-hetero) is 1. The molecule has 2 aromatic carbocycles. The fourth-order valence-corrected chi connectivity index (χ4v) is 2.30. The molecular formula is C17H16N2O3. The number of oxime groups is 1. The first-order chi connectivity index (χ1) is 10.4. The molecule has 0 bridgehead atoms. The van der Waals surface area contributed by atoms with Crippen molar-refractivity contribution in [3.63, 3.8) is 0 Å². The van der Waals surface area contributed by atoms with Crippen LogP contribution in [0.2, 0.25) is 0 Å². The number of oxazole rings is 1. The quantitative estimate of drug-likeness (QED) is 0.443. The van der Waals surface area contributed by atoms with Crippen molar-refractivity contribution in [3.8, 4) is 0 Å². The van der Waals surface area contributed by atoms with Gasteiger partial charge in [-0.2, -0.15) is 0 Å². The summed E-state index contributed by atoms with van der Waals surface area (Å²) in [5.41, 5.74) is 0.352. The van der Waals surface area contributed by atoms with Gasteiger partial charge >= 0.3 is 0 Å². The van der Waals surface area contributed by atoms with Gasteiger partial charge in [0.15, 0.2) is 11.4 Å². The number of carbonyl (C=O) groups is 1. The zero-order valence-electron chi connectivity index (χ0n) is 12.6. The molecule has 3 aromatic rings. The maximum atomic E-state index is 12.3. The molecule has 0 atom stereocenters. The normalized spacial score (nSPS) is 13.0. The third-order valence-corrected chi connectivity index (χ3v) is 3.48. The maximum absolute atomic E-state index is 12.3. The van der Waals surface area contributed by atoms with E-state index in [0.717, 1.165) is 10.8 Å². The standard InChI is InChI=1S/C17H16N2O3/c1-17(2,3)15(20)14(19-21)16-18-13-11-7-5-4-6-10(11)8-9-12(13)22-16/h4-9,21H,1-3H3/b19-14-. The zero-order chi connectivity index (χ0) is 15.9. The second kappa shape index (κ2) is 4.94. The van der Waals surface area contributed by atoms with Crippen LogP contribution in [0.3, 0.4) is 0 Å². The molecule has 112 valence electrons. The number of benzene rings is 2. The Morgan fingerprint density at radius 2 is 1.91 bits per heavy atom. The Bertz CT molecular complexity index is 901. The van der Waals surface area contributed by atoms with Crippen LogP contribution in [0.4, 0.5) is 0 Å². The summed E-state index contributed by atoms with van der Waals surface area (Å²) < 4.78 is 5.62. The van der Waals surface area contributed by atoms with Gasteiger partial charge in [-0.15, -0.1) is 0 Å². The molecule has 0 aliphatic rings. The molecule has 0 aliphatic heterocycles. The summed E-state index contributed by atoms with van der Waals surface area (Å²) in [5, 5.41) is 14.3. The highest BCUT2D eigenvalue weighted by Gasteiger charge is 2.31. The molecule has 0 fully saturated rings. The predicted octanol–water partition coefficient (Wildman–Crippen LogP) is 3.77. The van der Waals surface area contributed by atoms with Crippen LogP contribution in [0.15, 0.2) is 46.0 Å². The first kappa shape index (κ1) is 14.3. The second-order valence-corrected chi connectivity index (χ2v) is 6.18. The summed E-state index contributed by atoms with van der Waals surface area (Å²) >= 11 is 0. The number of rotatable bonds is 2. The Morgan fingerprint density at radius 3 is 2.59 bits per heavy atom. The smallest absolute Gasteiger partial charge is 0.253 e. The van der Waals surface area contributed by atoms with E-state index in [1.165, 1.54) is 0 Å². The Morgan fingerprint density at radius 1 is 1.18 bits per heavy atom. The summed E-state index contributed by atoms with van der Waals surface area (Å²) in [4.78, 5) is 16.7. The average molecular weight is 296 g/mol. The summed E-state index contributed by atoms with van der Waals surface area (Å²) in [7, 11) is 0. The van der Waals surface area contributed by atoms with Gasteiger partial charge < -0.3 is 9.62 Å². The van der Waals surface area contributed by atoms with Crippen LogP contribution in [-0.2, 0) is 4.79 Å². The molecule has 0 saturated carbocycles. The van der Waals surface area contributed by atoms with Gasteiger partial charge in [0, 0.05) is 10.8 Å². The van der Waals surface area contributed by atoms with E-state index in [2.05, 4.69) is 10.1 Å². The van der Waals surface area contributed by atoms with Crippen LogP contribution >= 0.6 is 0 Å². The van der Waals surface area contributed by atoms with Crippen LogP contribution in [0, 0.1) is 5.41 Å². The van der Waals surface area contributed by atoms with Gasteiger partial charge in [-0.05, 0) is 11.5 Å². The largest absolute Gasteiger partial charge is 0.434 e. The molecule has 1 aromatic heterocycles. The lowest BCUT2D eigenvalue weighted by Gasteiger charge is -2.15. The van der Waals surface area contributed by atoms with Crippen molar-refractivity contribution in [1.29, 1.82) is 0 Å². The van der Waals surface area contributed by atoms with Crippen molar-refractivity contribution in [2.75, 3.05) is 0 Å². The van der Waals surface area contributed by atoms with E-state index in [-0.39, 0.29) is 17.4 Å². The van der Waals surface area contributed by atoms with E-state index in [1.54, 1.807) is 26.8 Å². The van der Waals surface area contributed by atoms with E-state index in [4.69, 9.17) is 4.42 Å². The third-order valence-electron chi connectivity index (χ3n) is 3.48. The molecule has 1 heterocycles. The van der Waals surface area contributed by atoms with Crippen LogP contribution in [0.5, 0.6) is 0 Å². The molecule has 5 nitrogen and oxygen atoms in total. The number of carbonyl (C=O) groups excluding carboxylic acids is 1. The Kier molecular flexibility index (Phi) is 3.20. The number of ketones is 1. The van der Waals surface area contributed by atoms with Crippen molar-refractivity contribution in [3.05, 3.63) is 42.3 Å². The molecule has 0 aliphatic carbocycles. The van der Waals surface area contributed by atoms with E-state index in [0.29, 0.717) is 11.1 Å². The van der Waals surface area contributed by atoms with Gasteiger partial charge in [-0.25, -0.2) is 4.98 Å². The Hall–Kier alpha value is -2.69. The number of hydrogen-bond acceptors (Lipinski definition) is 5. The van der Waals surface area contributed by atoms with Gasteiger partial charge in [-0.1, -0.05) is 56.3 Å². The van der Waals surface area contributed by atoms with Crippen molar-refractivity contribution in [1.82, 2.24) is 4.98 Å². The fourth-order valence-electron chi connectivity index (χ4n) is 2.30. The minimum atomic E-state index is -0.690. The molecular weight excluding hydrogens is 280 g/mol. The van der Waals surface area contributed by atoms with Gasteiger partial charge in [0.25, 0.3) is 5.89 Å². The summed E-state index contributed by atoms with van der Waals surface area (Å²) in [6.45, 7) is 5.25. The minimum Gasteiger partial charge on any atom is -0.434 e. The maximum Gasteiger partial charge on any atom is 0.253 e. The third kappa shape index (κ3) is 2.24. The molecule has 0 spiro atoms. The summed E-state index contributed by atoms with van der Waals surface area (Å²) in [5.74, 6) is -0.292. The second-order valence-electron chi connectivity index (χ2n) is 6.18. The van der Waals surface area contributed by atoms with Crippen LogP contribution in [-0.4, -0.2) is 21.7 Å². The minimum absolute atomic E-state index is 0.0359. The molecule has 0 unspecified atom stereocenters. The summed E-state index contributed by atoms with van der Waals surface area (Å²) in [6, 6.07) is 11.5. The van der Waals surface area contributed by atoms with Crippen molar-refractivity contribution < 1.29 is 14.4 Å². The molecule has 0 saturated heterocycles. The average Bonchev–Trinajstić information content (AvgIpc) is 2.91. The number of aromatic nitrogens is 1. The SMILES string of the molecule is CC(C)(C)C(=O)/C(=N/O)c1nc2c(ccc3ccccc32)o1. The lowest BCUT2D eigenvalue weighted by Crippen LogP contribution is -2.29. The highest BCUT2D eigenvalue weighted by molar-refractivity contribution is 6.46. The molecule has 5 heteroatoms. The fraction of sp³-hybridized carbons (Fsp3) is 0.235.